The lowest BCUT2D eigenvalue weighted by atomic mass is 9.75. The van der Waals surface area contributed by atoms with Gasteiger partial charge in [0.25, 0.3) is 0 Å². The highest BCUT2D eigenvalue weighted by Gasteiger charge is 2.27. The molecule has 0 radical (unpaired) electrons. The van der Waals surface area contributed by atoms with Crippen LogP contribution in [-0.4, -0.2) is 5.78 Å². The predicted octanol–water partition coefficient (Wildman–Crippen LogP) is 3.59. The number of hydrogen-bond donors (Lipinski definition) is 0. The smallest absolute Gasteiger partial charge is 0.136 e. The molecule has 0 fully saturated rings. The minimum Gasteiger partial charge on any atom is -0.299 e. The van der Waals surface area contributed by atoms with Crippen LogP contribution in [0.15, 0.2) is 11.6 Å². The van der Waals surface area contributed by atoms with Crippen molar-refractivity contribution in [1.29, 1.82) is 0 Å². The molecule has 1 heteroatoms. The maximum Gasteiger partial charge on any atom is 0.136 e. The molecule has 0 aliphatic heterocycles. The lowest BCUT2D eigenvalue weighted by molar-refractivity contribution is -0.124. The molecule has 0 heterocycles. The van der Waals surface area contributed by atoms with Crippen molar-refractivity contribution >= 4 is 5.78 Å². The summed E-state index contributed by atoms with van der Waals surface area (Å²) in [6.07, 6.45) is 5.13. The van der Waals surface area contributed by atoms with Crippen molar-refractivity contribution in [1.82, 2.24) is 0 Å². The summed E-state index contributed by atoms with van der Waals surface area (Å²) in [7, 11) is 0. The van der Waals surface area contributed by atoms with E-state index in [0.29, 0.717) is 30.0 Å². The molecule has 0 saturated carbocycles. The molecular weight excluding hydrogens is 172 g/mol. The van der Waals surface area contributed by atoms with Crippen LogP contribution in [0, 0.1) is 17.8 Å². The van der Waals surface area contributed by atoms with Crippen LogP contribution in [-0.2, 0) is 4.79 Å². The summed E-state index contributed by atoms with van der Waals surface area (Å²) in [5.41, 5.74) is 1.48. The van der Waals surface area contributed by atoms with Gasteiger partial charge in [0, 0.05) is 12.3 Å². The Morgan fingerprint density at radius 3 is 2.71 bits per heavy atom. The van der Waals surface area contributed by atoms with Gasteiger partial charge in [0.15, 0.2) is 0 Å². The van der Waals surface area contributed by atoms with Gasteiger partial charge in [-0.15, -0.1) is 0 Å². The van der Waals surface area contributed by atoms with Crippen LogP contribution in [0.5, 0.6) is 0 Å². The SMILES string of the molecule is CCC(=O)C1CC(C(C)C)=CCC1C. The molecule has 2 atom stereocenters. The van der Waals surface area contributed by atoms with E-state index in [9.17, 15) is 4.79 Å². The molecule has 0 saturated heterocycles. The van der Waals surface area contributed by atoms with E-state index >= 15 is 0 Å². The third kappa shape index (κ3) is 2.46. The lowest BCUT2D eigenvalue weighted by Crippen LogP contribution is -2.25. The van der Waals surface area contributed by atoms with Crippen molar-refractivity contribution in [3.63, 3.8) is 0 Å². The van der Waals surface area contributed by atoms with Crippen LogP contribution in [0.25, 0.3) is 0 Å². The Balaban J connectivity index is 2.71. The molecule has 1 rings (SSSR count). The summed E-state index contributed by atoms with van der Waals surface area (Å²) in [4.78, 5) is 11.7. The van der Waals surface area contributed by atoms with Crippen LogP contribution >= 0.6 is 0 Å². The van der Waals surface area contributed by atoms with E-state index in [1.807, 2.05) is 6.92 Å². The average molecular weight is 194 g/mol. The summed E-state index contributed by atoms with van der Waals surface area (Å²) in [6.45, 7) is 8.61. The molecule has 0 amide bonds. The van der Waals surface area contributed by atoms with Gasteiger partial charge in [0.1, 0.15) is 5.78 Å². The zero-order valence-electron chi connectivity index (χ0n) is 9.84. The second-order valence-corrected chi connectivity index (χ2v) is 4.78. The van der Waals surface area contributed by atoms with E-state index in [1.54, 1.807) is 0 Å². The standard InChI is InChI=1S/C13H22O/c1-5-13(14)12-8-11(9(2)3)7-6-10(12)4/h7,9-10,12H,5-6,8H2,1-4H3. The average Bonchev–Trinajstić information content (AvgIpc) is 2.17. The van der Waals surface area contributed by atoms with E-state index < -0.39 is 0 Å². The van der Waals surface area contributed by atoms with Gasteiger partial charge in [-0.25, -0.2) is 0 Å². The Morgan fingerprint density at radius 2 is 2.21 bits per heavy atom. The summed E-state index contributed by atoms with van der Waals surface area (Å²) in [6, 6.07) is 0. The zero-order valence-corrected chi connectivity index (χ0v) is 9.84. The van der Waals surface area contributed by atoms with Crippen LogP contribution in [0.2, 0.25) is 0 Å². The molecule has 80 valence electrons. The first-order valence-electron chi connectivity index (χ1n) is 5.77. The van der Waals surface area contributed by atoms with Gasteiger partial charge in [-0.3, -0.25) is 4.79 Å². The molecule has 1 aliphatic carbocycles. The number of carbonyl (C=O) groups is 1. The van der Waals surface area contributed by atoms with Gasteiger partial charge in [0.2, 0.25) is 0 Å². The molecule has 1 aliphatic rings. The molecule has 0 aromatic heterocycles. The maximum absolute atomic E-state index is 11.7. The topological polar surface area (TPSA) is 17.1 Å². The van der Waals surface area contributed by atoms with Gasteiger partial charge in [-0.2, -0.15) is 0 Å². The summed E-state index contributed by atoms with van der Waals surface area (Å²) in [5.74, 6) is 1.89. The van der Waals surface area contributed by atoms with Crippen molar-refractivity contribution in [3.05, 3.63) is 11.6 Å². The molecule has 1 nitrogen and oxygen atoms in total. The molecule has 0 bridgehead atoms. The largest absolute Gasteiger partial charge is 0.299 e. The minimum atomic E-state index is 0.294. The van der Waals surface area contributed by atoms with Gasteiger partial charge in [0.05, 0.1) is 0 Å². The van der Waals surface area contributed by atoms with Crippen LogP contribution in [0.4, 0.5) is 0 Å². The third-order valence-electron chi connectivity index (χ3n) is 3.40. The van der Waals surface area contributed by atoms with Crippen LogP contribution in [0.3, 0.4) is 0 Å². The van der Waals surface area contributed by atoms with E-state index in [-0.39, 0.29) is 0 Å². The van der Waals surface area contributed by atoms with E-state index in [1.165, 1.54) is 5.57 Å². The van der Waals surface area contributed by atoms with E-state index in [0.717, 1.165) is 12.8 Å². The number of hydrogen-bond acceptors (Lipinski definition) is 1. The first-order chi connectivity index (χ1) is 6.56. The lowest BCUT2D eigenvalue weighted by Gasteiger charge is -2.29. The minimum absolute atomic E-state index is 0.294. The van der Waals surface area contributed by atoms with Gasteiger partial charge >= 0.3 is 0 Å². The van der Waals surface area contributed by atoms with E-state index in [4.69, 9.17) is 0 Å². The van der Waals surface area contributed by atoms with Crippen LogP contribution in [0.1, 0.15) is 47.0 Å². The Hall–Kier alpha value is -0.590. The highest BCUT2D eigenvalue weighted by Crippen LogP contribution is 2.33. The second-order valence-electron chi connectivity index (χ2n) is 4.78. The first-order valence-corrected chi connectivity index (χ1v) is 5.77. The number of rotatable bonds is 3. The first kappa shape index (κ1) is 11.5. The molecular formula is C13H22O. The second kappa shape index (κ2) is 4.77. The monoisotopic (exact) mass is 194 g/mol. The van der Waals surface area contributed by atoms with Gasteiger partial charge in [-0.05, 0) is 24.7 Å². The van der Waals surface area contributed by atoms with Crippen molar-refractivity contribution in [2.24, 2.45) is 17.8 Å². The van der Waals surface area contributed by atoms with Crippen molar-refractivity contribution in [2.75, 3.05) is 0 Å². The van der Waals surface area contributed by atoms with Crippen LogP contribution < -0.4 is 0 Å². The Kier molecular flexibility index (Phi) is 3.91. The number of carbonyl (C=O) groups excluding carboxylic acids is 1. The number of ketones is 1. The molecule has 2 unspecified atom stereocenters. The molecule has 0 aromatic rings. The highest BCUT2D eigenvalue weighted by molar-refractivity contribution is 5.81. The summed E-state index contributed by atoms with van der Waals surface area (Å²) >= 11 is 0. The molecule has 0 spiro atoms. The fourth-order valence-corrected chi connectivity index (χ4v) is 2.20. The number of allylic oxidation sites excluding steroid dienone is 2. The Bertz CT molecular complexity index is 238. The summed E-state index contributed by atoms with van der Waals surface area (Å²) in [5, 5.41) is 0. The van der Waals surface area contributed by atoms with E-state index in [2.05, 4.69) is 26.8 Å². The molecule has 0 N–H and O–H groups in total. The van der Waals surface area contributed by atoms with Gasteiger partial charge < -0.3 is 0 Å². The zero-order chi connectivity index (χ0) is 10.7. The van der Waals surface area contributed by atoms with Crippen molar-refractivity contribution in [3.8, 4) is 0 Å². The van der Waals surface area contributed by atoms with Crippen molar-refractivity contribution in [2.45, 2.75) is 47.0 Å². The van der Waals surface area contributed by atoms with Crippen molar-refractivity contribution < 1.29 is 4.79 Å². The Morgan fingerprint density at radius 1 is 1.57 bits per heavy atom. The quantitative estimate of drug-likeness (QED) is 0.627. The third-order valence-corrected chi connectivity index (χ3v) is 3.40. The fraction of sp³-hybridized carbons (Fsp3) is 0.769. The Labute approximate surface area is 87.6 Å². The summed E-state index contributed by atoms with van der Waals surface area (Å²) < 4.78 is 0. The highest BCUT2D eigenvalue weighted by atomic mass is 16.1. The normalized spacial score (nSPS) is 27.6. The predicted molar refractivity (Wildman–Crippen MR) is 60.1 cm³/mol. The molecule has 14 heavy (non-hydrogen) atoms. The molecule has 0 aromatic carbocycles. The number of Topliss-reactive ketones (excluding diaryl/α,β-unsaturated/α-hetero) is 1. The fourth-order valence-electron chi connectivity index (χ4n) is 2.20. The van der Waals surface area contributed by atoms with Gasteiger partial charge in [-0.1, -0.05) is 39.3 Å². The maximum atomic E-state index is 11.7.